The van der Waals surface area contributed by atoms with Gasteiger partial charge in [0.05, 0.1) is 12.2 Å². The Hall–Kier alpha value is -1.39. The normalized spacial score (nSPS) is 27.1. The van der Waals surface area contributed by atoms with E-state index in [1.807, 2.05) is 38.4 Å². The number of carbonyl (C=O) groups excluding carboxylic acids is 1. The summed E-state index contributed by atoms with van der Waals surface area (Å²) >= 11 is 0. The Labute approximate surface area is 132 Å². The molecule has 2 aliphatic rings. The van der Waals surface area contributed by atoms with Crippen molar-refractivity contribution in [1.82, 2.24) is 4.90 Å². The fraction of sp³-hybridized carbons (Fsp3) is 0.611. The van der Waals surface area contributed by atoms with Crippen LogP contribution in [0.3, 0.4) is 0 Å². The number of hydrogen-bond donors (Lipinski definition) is 0. The molecule has 3 rings (SSSR count). The quantitative estimate of drug-likeness (QED) is 0.758. The maximum atomic E-state index is 12.6. The topological polar surface area (TPSA) is 38.8 Å². The molecule has 22 heavy (non-hydrogen) atoms. The number of nitrogens with zero attached hydrogens (tertiary/aromatic N) is 1. The minimum atomic E-state index is 0.131. The zero-order valence-corrected chi connectivity index (χ0v) is 13.5. The van der Waals surface area contributed by atoms with Crippen LogP contribution in [0, 0.1) is 5.92 Å². The van der Waals surface area contributed by atoms with Gasteiger partial charge in [-0.3, -0.25) is 4.79 Å². The van der Waals surface area contributed by atoms with Gasteiger partial charge in [-0.15, -0.1) is 0 Å². The summed E-state index contributed by atoms with van der Waals surface area (Å²) in [5.74, 6) is 1.22. The number of likely N-dealkylation sites (N-methyl/N-ethyl adjacent to an activating group) is 1. The highest BCUT2D eigenvalue weighted by Gasteiger charge is 2.38. The van der Waals surface area contributed by atoms with Gasteiger partial charge in [0.1, 0.15) is 12.4 Å². The molecule has 1 aromatic rings. The molecular weight excluding hydrogens is 278 g/mol. The Morgan fingerprint density at radius 2 is 1.82 bits per heavy atom. The molecule has 2 saturated heterocycles. The third kappa shape index (κ3) is 3.68. The maximum absolute atomic E-state index is 12.6. The molecule has 0 N–H and O–H groups in total. The molecule has 1 aromatic carbocycles. The zero-order valence-electron chi connectivity index (χ0n) is 13.5. The van der Waals surface area contributed by atoms with Crippen LogP contribution in [0.4, 0.5) is 0 Å². The highest BCUT2D eigenvalue weighted by Crippen LogP contribution is 2.37. The van der Waals surface area contributed by atoms with Crippen LogP contribution in [0.1, 0.15) is 36.0 Å². The van der Waals surface area contributed by atoms with Gasteiger partial charge in [0, 0.05) is 18.0 Å². The zero-order chi connectivity index (χ0) is 15.5. The maximum Gasteiger partial charge on any atom is 0.166 e. The lowest BCUT2D eigenvalue weighted by Gasteiger charge is -2.27. The molecular formula is C18H25NO3. The van der Waals surface area contributed by atoms with Crippen LogP contribution >= 0.6 is 0 Å². The lowest BCUT2D eigenvalue weighted by molar-refractivity contribution is -0.0149. The second kappa shape index (κ2) is 6.80. The van der Waals surface area contributed by atoms with Gasteiger partial charge in [-0.25, -0.2) is 0 Å². The SMILES string of the molecule is CN(C)CCOc1ccc(C(=O)C2CC3CCC(C2)O3)cc1. The summed E-state index contributed by atoms with van der Waals surface area (Å²) in [7, 11) is 4.04. The highest BCUT2D eigenvalue weighted by molar-refractivity contribution is 5.98. The first kappa shape index (κ1) is 15.5. The average Bonchev–Trinajstić information content (AvgIpc) is 2.85. The lowest BCUT2D eigenvalue weighted by atomic mass is 9.88. The predicted molar refractivity (Wildman–Crippen MR) is 85.4 cm³/mol. The predicted octanol–water partition coefficient (Wildman–Crippen LogP) is 2.77. The van der Waals surface area contributed by atoms with Crippen molar-refractivity contribution in [1.29, 1.82) is 0 Å². The van der Waals surface area contributed by atoms with E-state index >= 15 is 0 Å². The van der Waals surface area contributed by atoms with Crippen molar-refractivity contribution in [2.75, 3.05) is 27.2 Å². The minimum Gasteiger partial charge on any atom is -0.492 e. The molecule has 2 atom stereocenters. The first-order valence-corrected chi connectivity index (χ1v) is 8.19. The highest BCUT2D eigenvalue weighted by atomic mass is 16.5. The molecule has 0 amide bonds. The number of Topliss-reactive ketones (excluding diaryl/α,β-unsaturated/α-hetero) is 1. The molecule has 120 valence electrons. The van der Waals surface area contributed by atoms with E-state index in [1.165, 1.54) is 0 Å². The number of benzene rings is 1. The first-order valence-electron chi connectivity index (χ1n) is 8.19. The van der Waals surface area contributed by atoms with Gasteiger partial charge in [0.2, 0.25) is 0 Å². The van der Waals surface area contributed by atoms with Gasteiger partial charge >= 0.3 is 0 Å². The second-order valence-corrected chi connectivity index (χ2v) is 6.67. The smallest absolute Gasteiger partial charge is 0.166 e. The van der Waals surface area contributed by atoms with E-state index in [2.05, 4.69) is 4.90 Å². The Morgan fingerprint density at radius 3 is 2.41 bits per heavy atom. The van der Waals surface area contributed by atoms with E-state index in [9.17, 15) is 4.79 Å². The van der Waals surface area contributed by atoms with E-state index in [0.717, 1.165) is 43.5 Å². The Balaban J connectivity index is 1.56. The standard InChI is InChI=1S/C18H25NO3/c1-19(2)9-10-21-15-5-3-13(4-6-15)18(20)14-11-16-7-8-17(12-14)22-16/h3-6,14,16-17H,7-12H2,1-2H3. The van der Waals surface area contributed by atoms with Gasteiger partial charge in [-0.2, -0.15) is 0 Å². The summed E-state index contributed by atoms with van der Waals surface area (Å²) in [4.78, 5) is 14.7. The van der Waals surface area contributed by atoms with Gasteiger partial charge in [0.25, 0.3) is 0 Å². The van der Waals surface area contributed by atoms with Crippen molar-refractivity contribution in [3.63, 3.8) is 0 Å². The Kier molecular flexibility index (Phi) is 4.79. The van der Waals surface area contributed by atoms with Crippen LogP contribution in [0.2, 0.25) is 0 Å². The molecule has 2 heterocycles. The fourth-order valence-corrected chi connectivity index (χ4v) is 3.37. The van der Waals surface area contributed by atoms with Crippen molar-refractivity contribution in [3.8, 4) is 5.75 Å². The molecule has 2 unspecified atom stereocenters. The summed E-state index contributed by atoms with van der Waals surface area (Å²) in [6.45, 7) is 1.54. The Bertz CT molecular complexity index is 500. The third-order valence-corrected chi connectivity index (χ3v) is 4.61. The first-order chi connectivity index (χ1) is 10.6. The monoisotopic (exact) mass is 303 g/mol. The summed E-state index contributed by atoms with van der Waals surface area (Å²) in [5.41, 5.74) is 0.797. The van der Waals surface area contributed by atoms with Crippen molar-refractivity contribution >= 4 is 5.78 Å². The molecule has 2 fully saturated rings. The molecule has 0 radical (unpaired) electrons. The largest absolute Gasteiger partial charge is 0.492 e. The van der Waals surface area contributed by atoms with Crippen LogP contribution in [0.15, 0.2) is 24.3 Å². The summed E-state index contributed by atoms with van der Waals surface area (Å²) < 4.78 is 11.5. The van der Waals surface area contributed by atoms with Crippen molar-refractivity contribution in [2.24, 2.45) is 5.92 Å². The molecule has 0 saturated carbocycles. The number of rotatable bonds is 6. The van der Waals surface area contributed by atoms with Crippen molar-refractivity contribution < 1.29 is 14.3 Å². The number of fused-ring (bicyclic) bond motifs is 2. The number of carbonyl (C=O) groups is 1. The second-order valence-electron chi connectivity index (χ2n) is 6.67. The summed E-state index contributed by atoms with van der Waals surface area (Å²) in [6, 6.07) is 7.59. The molecule has 4 heteroatoms. The Morgan fingerprint density at radius 1 is 1.18 bits per heavy atom. The van der Waals surface area contributed by atoms with Crippen LogP contribution < -0.4 is 4.74 Å². The van der Waals surface area contributed by atoms with Gasteiger partial charge in [-0.1, -0.05) is 0 Å². The van der Waals surface area contributed by atoms with Crippen LogP contribution in [0.5, 0.6) is 5.75 Å². The average molecular weight is 303 g/mol. The van der Waals surface area contributed by atoms with Crippen molar-refractivity contribution in [3.05, 3.63) is 29.8 Å². The van der Waals surface area contributed by atoms with E-state index < -0.39 is 0 Å². The molecule has 2 aliphatic heterocycles. The van der Waals surface area contributed by atoms with E-state index in [0.29, 0.717) is 18.8 Å². The van der Waals surface area contributed by atoms with Crippen LogP contribution in [-0.2, 0) is 4.74 Å². The minimum absolute atomic E-state index is 0.131. The van der Waals surface area contributed by atoms with E-state index in [1.54, 1.807) is 0 Å². The molecule has 0 spiro atoms. The van der Waals surface area contributed by atoms with Crippen molar-refractivity contribution in [2.45, 2.75) is 37.9 Å². The number of ether oxygens (including phenoxy) is 2. The van der Waals surface area contributed by atoms with Crippen LogP contribution in [-0.4, -0.2) is 50.1 Å². The van der Waals surface area contributed by atoms with E-state index in [4.69, 9.17) is 9.47 Å². The van der Waals surface area contributed by atoms with Gasteiger partial charge in [-0.05, 0) is 64.0 Å². The molecule has 0 aromatic heterocycles. The number of ketones is 1. The summed E-state index contributed by atoms with van der Waals surface area (Å²) in [6.07, 6.45) is 4.62. The van der Waals surface area contributed by atoms with Gasteiger partial charge < -0.3 is 14.4 Å². The molecule has 2 bridgehead atoms. The third-order valence-electron chi connectivity index (χ3n) is 4.61. The molecule has 0 aliphatic carbocycles. The lowest BCUT2D eigenvalue weighted by Crippen LogP contribution is -2.30. The van der Waals surface area contributed by atoms with Gasteiger partial charge in [0.15, 0.2) is 5.78 Å². The summed E-state index contributed by atoms with van der Waals surface area (Å²) in [5, 5.41) is 0. The number of hydrogen-bond acceptors (Lipinski definition) is 4. The fourth-order valence-electron chi connectivity index (χ4n) is 3.37. The molecule has 4 nitrogen and oxygen atoms in total. The van der Waals surface area contributed by atoms with Crippen LogP contribution in [0.25, 0.3) is 0 Å². The van der Waals surface area contributed by atoms with E-state index in [-0.39, 0.29) is 11.7 Å².